The van der Waals surface area contributed by atoms with Crippen molar-refractivity contribution in [2.24, 2.45) is 0 Å². The van der Waals surface area contributed by atoms with Gasteiger partial charge in [0.15, 0.2) is 5.78 Å². The summed E-state index contributed by atoms with van der Waals surface area (Å²) in [6.45, 7) is 1.85. The third kappa shape index (κ3) is 2.96. The smallest absolute Gasteiger partial charge is 0.337 e. The molecular formula is C22H15ClN2O3. The molecular weight excluding hydrogens is 376 g/mol. The summed E-state index contributed by atoms with van der Waals surface area (Å²) < 4.78 is 1.78. The number of nitrogens with zero attached hydrogens (tertiary/aromatic N) is 2. The highest BCUT2D eigenvalue weighted by molar-refractivity contribution is 6.35. The number of carboxylic acid groups (broad SMARTS) is 1. The Morgan fingerprint density at radius 2 is 1.82 bits per heavy atom. The zero-order valence-electron chi connectivity index (χ0n) is 14.9. The van der Waals surface area contributed by atoms with Gasteiger partial charge in [0.1, 0.15) is 5.82 Å². The van der Waals surface area contributed by atoms with Crippen LogP contribution in [0.1, 0.15) is 31.8 Å². The van der Waals surface area contributed by atoms with Crippen LogP contribution in [0.5, 0.6) is 0 Å². The van der Waals surface area contributed by atoms with E-state index in [1.54, 1.807) is 22.9 Å². The van der Waals surface area contributed by atoms with Gasteiger partial charge < -0.3 is 9.67 Å². The molecule has 2 aromatic carbocycles. The molecule has 2 aromatic heterocycles. The van der Waals surface area contributed by atoms with Crippen molar-refractivity contribution in [2.45, 2.75) is 6.92 Å². The molecule has 0 radical (unpaired) electrons. The minimum absolute atomic E-state index is 0.100. The Balaban J connectivity index is 1.90. The van der Waals surface area contributed by atoms with E-state index in [9.17, 15) is 9.59 Å². The number of hydrogen-bond donors (Lipinski definition) is 1. The van der Waals surface area contributed by atoms with Gasteiger partial charge in [-0.2, -0.15) is 0 Å². The second-order valence-corrected chi connectivity index (χ2v) is 6.81. The van der Waals surface area contributed by atoms with Gasteiger partial charge in [-0.15, -0.1) is 0 Å². The van der Waals surface area contributed by atoms with Gasteiger partial charge in [-0.3, -0.25) is 4.79 Å². The van der Waals surface area contributed by atoms with Crippen LogP contribution < -0.4 is 0 Å². The molecule has 2 heterocycles. The number of ketones is 1. The Morgan fingerprint density at radius 1 is 1.04 bits per heavy atom. The number of aromatic nitrogens is 2. The first-order valence-corrected chi connectivity index (χ1v) is 8.95. The number of benzene rings is 2. The largest absolute Gasteiger partial charge is 0.478 e. The maximum atomic E-state index is 13.3. The van der Waals surface area contributed by atoms with Crippen molar-refractivity contribution in [1.82, 2.24) is 9.55 Å². The van der Waals surface area contributed by atoms with Gasteiger partial charge in [0, 0.05) is 28.9 Å². The van der Waals surface area contributed by atoms with Crippen molar-refractivity contribution in [1.29, 1.82) is 0 Å². The second kappa shape index (κ2) is 6.94. The number of hydrogen-bond acceptors (Lipinski definition) is 3. The number of carbonyl (C=O) groups excluding carboxylic acids is 1. The molecule has 6 heteroatoms. The average molecular weight is 391 g/mol. The number of halogens is 1. The molecule has 5 nitrogen and oxygen atoms in total. The summed E-state index contributed by atoms with van der Waals surface area (Å²) in [6.07, 6.45) is 3.02. The summed E-state index contributed by atoms with van der Waals surface area (Å²) in [4.78, 5) is 28.6. The van der Waals surface area contributed by atoms with Crippen molar-refractivity contribution in [3.8, 4) is 5.82 Å². The van der Waals surface area contributed by atoms with E-state index in [1.807, 2.05) is 43.3 Å². The van der Waals surface area contributed by atoms with Crippen LogP contribution in [-0.4, -0.2) is 26.4 Å². The van der Waals surface area contributed by atoms with E-state index < -0.39 is 5.97 Å². The van der Waals surface area contributed by atoms with Crippen LogP contribution in [0.3, 0.4) is 0 Å². The Hall–Kier alpha value is -3.44. The van der Waals surface area contributed by atoms with Crippen LogP contribution >= 0.6 is 11.6 Å². The summed E-state index contributed by atoms with van der Waals surface area (Å²) >= 11 is 6.30. The molecule has 138 valence electrons. The molecule has 0 saturated carbocycles. The molecule has 0 unspecified atom stereocenters. The van der Waals surface area contributed by atoms with E-state index >= 15 is 0 Å². The molecule has 0 amide bonds. The minimum atomic E-state index is -1.04. The molecule has 0 saturated heterocycles. The monoisotopic (exact) mass is 390 g/mol. The highest BCUT2D eigenvalue weighted by atomic mass is 35.5. The Kier molecular flexibility index (Phi) is 4.45. The molecule has 0 atom stereocenters. The number of para-hydroxylation sites is 1. The van der Waals surface area contributed by atoms with E-state index in [1.165, 1.54) is 12.3 Å². The topological polar surface area (TPSA) is 72.2 Å². The van der Waals surface area contributed by atoms with Gasteiger partial charge in [-0.25, -0.2) is 9.78 Å². The first kappa shape index (κ1) is 17.9. The van der Waals surface area contributed by atoms with Crippen molar-refractivity contribution in [3.63, 3.8) is 0 Å². The van der Waals surface area contributed by atoms with E-state index in [0.29, 0.717) is 22.0 Å². The number of aryl methyl sites for hydroxylation is 1. The Morgan fingerprint density at radius 3 is 2.50 bits per heavy atom. The number of carbonyl (C=O) groups is 2. The summed E-state index contributed by atoms with van der Waals surface area (Å²) in [7, 11) is 0. The molecule has 0 aliphatic carbocycles. The van der Waals surface area contributed by atoms with Gasteiger partial charge >= 0.3 is 5.97 Å². The Bertz CT molecular complexity index is 1210. The maximum absolute atomic E-state index is 13.3. The van der Waals surface area contributed by atoms with Crippen LogP contribution in [-0.2, 0) is 0 Å². The minimum Gasteiger partial charge on any atom is -0.478 e. The fourth-order valence-electron chi connectivity index (χ4n) is 3.26. The van der Waals surface area contributed by atoms with Crippen molar-refractivity contribution in [2.75, 3.05) is 0 Å². The highest BCUT2D eigenvalue weighted by Crippen LogP contribution is 2.29. The van der Waals surface area contributed by atoms with E-state index in [0.717, 1.165) is 16.5 Å². The lowest BCUT2D eigenvalue weighted by Crippen LogP contribution is -2.04. The highest BCUT2D eigenvalue weighted by Gasteiger charge is 2.21. The molecule has 1 N–H and O–H groups in total. The Labute approximate surface area is 165 Å². The van der Waals surface area contributed by atoms with E-state index in [2.05, 4.69) is 4.98 Å². The van der Waals surface area contributed by atoms with Gasteiger partial charge in [-0.05, 0) is 36.8 Å². The van der Waals surface area contributed by atoms with E-state index in [4.69, 9.17) is 16.7 Å². The molecule has 4 rings (SSSR count). The predicted octanol–water partition coefficient (Wildman–Crippen LogP) is 4.92. The third-order valence-electron chi connectivity index (χ3n) is 4.65. The first-order chi connectivity index (χ1) is 13.5. The average Bonchev–Trinajstić information content (AvgIpc) is 3.07. The number of fused-ring (bicyclic) bond motifs is 1. The lowest BCUT2D eigenvalue weighted by atomic mass is 9.99. The summed E-state index contributed by atoms with van der Waals surface area (Å²) in [6, 6.07) is 16.0. The van der Waals surface area contributed by atoms with Crippen LogP contribution in [0.15, 0.2) is 67.0 Å². The predicted molar refractivity (Wildman–Crippen MR) is 108 cm³/mol. The van der Waals surface area contributed by atoms with Crippen LogP contribution in [0.2, 0.25) is 5.02 Å². The third-order valence-corrected chi connectivity index (χ3v) is 4.96. The zero-order valence-corrected chi connectivity index (χ0v) is 15.6. The summed E-state index contributed by atoms with van der Waals surface area (Å²) in [5.74, 6) is -0.683. The molecule has 0 aliphatic rings. The first-order valence-electron chi connectivity index (χ1n) is 8.57. The normalized spacial score (nSPS) is 10.9. The number of pyridine rings is 1. The second-order valence-electron chi connectivity index (χ2n) is 6.40. The fraction of sp³-hybridized carbons (Fsp3) is 0.0455. The van der Waals surface area contributed by atoms with Gasteiger partial charge in [0.25, 0.3) is 0 Å². The quantitative estimate of drug-likeness (QED) is 0.502. The van der Waals surface area contributed by atoms with E-state index in [-0.39, 0.29) is 11.3 Å². The summed E-state index contributed by atoms with van der Waals surface area (Å²) in [5.41, 5.74) is 2.68. The lowest BCUT2D eigenvalue weighted by molar-refractivity contribution is 0.0696. The SMILES string of the molecule is Cc1cccc(Cl)c1C(=O)c1cn(-c2ccc(C(=O)O)cn2)c2ccccc12. The molecule has 0 fully saturated rings. The standard InChI is InChI=1S/C22H15ClN2O3/c1-13-5-4-7-17(23)20(13)21(26)16-12-25(18-8-3-2-6-15(16)18)19-10-9-14(11-24-19)22(27)28/h2-12H,1H3,(H,27,28). The molecule has 0 spiro atoms. The zero-order chi connectivity index (χ0) is 19.8. The summed E-state index contributed by atoms with van der Waals surface area (Å²) in [5, 5.41) is 10.3. The van der Waals surface area contributed by atoms with Gasteiger partial charge in [0.2, 0.25) is 0 Å². The molecule has 4 aromatic rings. The molecule has 28 heavy (non-hydrogen) atoms. The number of aromatic carboxylic acids is 1. The maximum Gasteiger partial charge on any atom is 0.337 e. The van der Waals surface area contributed by atoms with Crippen molar-refractivity contribution in [3.05, 3.63) is 94.3 Å². The fourth-order valence-corrected chi connectivity index (χ4v) is 3.57. The molecule has 0 bridgehead atoms. The van der Waals surface area contributed by atoms with Gasteiger partial charge in [-0.1, -0.05) is 41.9 Å². The van der Waals surface area contributed by atoms with Crippen LogP contribution in [0.25, 0.3) is 16.7 Å². The van der Waals surface area contributed by atoms with Crippen LogP contribution in [0, 0.1) is 6.92 Å². The van der Waals surface area contributed by atoms with Crippen LogP contribution in [0.4, 0.5) is 0 Å². The lowest BCUT2D eigenvalue weighted by Gasteiger charge is -2.06. The number of rotatable bonds is 4. The van der Waals surface area contributed by atoms with Crippen molar-refractivity contribution < 1.29 is 14.7 Å². The van der Waals surface area contributed by atoms with Crippen molar-refractivity contribution >= 4 is 34.3 Å². The van der Waals surface area contributed by atoms with Gasteiger partial charge in [0.05, 0.1) is 16.1 Å². The molecule has 0 aliphatic heterocycles. The number of carboxylic acids is 1.